The summed E-state index contributed by atoms with van der Waals surface area (Å²) in [7, 11) is 1.75. The van der Waals surface area contributed by atoms with E-state index in [-0.39, 0.29) is 0 Å². The lowest BCUT2D eigenvalue weighted by molar-refractivity contribution is 0.175. The Bertz CT molecular complexity index is 282. The summed E-state index contributed by atoms with van der Waals surface area (Å²) in [6.45, 7) is 4.78. The van der Waals surface area contributed by atoms with Crippen molar-refractivity contribution in [3.8, 4) is 5.75 Å². The third-order valence-corrected chi connectivity index (χ3v) is 2.83. The molecule has 102 valence electrons. The Kier molecular flexibility index (Phi) is 8.26. The molecule has 0 aromatic heterocycles. The molecular weight excluding hydrogens is 226 g/mol. The molecule has 1 atom stereocenters. The molecule has 0 amide bonds. The molecule has 0 bridgehead atoms. The van der Waals surface area contributed by atoms with E-state index in [4.69, 9.17) is 9.47 Å². The normalized spacial score (nSPS) is 12.3. The van der Waals surface area contributed by atoms with Crippen molar-refractivity contribution in [2.75, 3.05) is 26.9 Å². The number of para-hydroxylation sites is 1. The smallest absolute Gasteiger partial charge is 0.119 e. The number of ether oxygens (including phenoxy) is 2. The van der Waals surface area contributed by atoms with Crippen LogP contribution in [0.2, 0.25) is 0 Å². The van der Waals surface area contributed by atoms with Gasteiger partial charge in [0.25, 0.3) is 0 Å². The van der Waals surface area contributed by atoms with Crippen molar-refractivity contribution in [2.24, 2.45) is 0 Å². The summed E-state index contributed by atoms with van der Waals surface area (Å²) in [6.07, 6.45) is 3.20. The molecule has 0 spiro atoms. The van der Waals surface area contributed by atoms with Gasteiger partial charge in [-0.15, -0.1) is 0 Å². The maximum absolute atomic E-state index is 5.72. The van der Waals surface area contributed by atoms with Gasteiger partial charge in [-0.1, -0.05) is 25.1 Å². The fourth-order valence-corrected chi connectivity index (χ4v) is 1.79. The summed E-state index contributed by atoms with van der Waals surface area (Å²) in [5.74, 6) is 0.943. The minimum Gasteiger partial charge on any atom is -0.494 e. The first-order chi connectivity index (χ1) is 8.86. The molecule has 1 N–H and O–H groups in total. The largest absolute Gasteiger partial charge is 0.494 e. The van der Waals surface area contributed by atoms with E-state index >= 15 is 0 Å². The average molecular weight is 251 g/mol. The second kappa shape index (κ2) is 9.92. The summed E-state index contributed by atoms with van der Waals surface area (Å²) in [5, 5.41) is 3.53. The van der Waals surface area contributed by atoms with Crippen molar-refractivity contribution < 1.29 is 9.47 Å². The first-order valence-electron chi connectivity index (χ1n) is 6.77. The molecule has 1 aromatic rings. The van der Waals surface area contributed by atoms with E-state index in [1.807, 2.05) is 30.3 Å². The lowest BCUT2D eigenvalue weighted by Gasteiger charge is -2.18. The fourth-order valence-electron chi connectivity index (χ4n) is 1.79. The number of nitrogens with one attached hydrogen (secondary N) is 1. The predicted molar refractivity (Wildman–Crippen MR) is 75.1 cm³/mol. The zero-order chi connectivity index (χ0) is 13.1. The monoisotopic (exact) mass is 251 g/mol. The van der Waals surface area contributed by atoms with Crippen molar-refractivity contribution in [1.29, 1.82) is 0 Å². The number of hydrogen-bond acceptors (Lipinski definition) is 3. The van der Waals surface area contributed by atoms with Crippen LogP contribution in [0.5, 0.6) is 5.75 Å². The van der Waals surface area contributed by atoms with Crippen LogP contribution in [0.1, 0.15) is 26.2 Å². The maximum Gasteiger partial charge on any atom is 0.119 e. The summed E-state index contributed by atoms with van der Waals surface area (Å²) < 4.78 is 10.9. The zero-order valence-corrected chi connectivity index (χ0v) is 11.5. The fraction of sp³-hybridized carbons (Fsp3) is 0.600. The zero-order valence-electron chi connectivity index (χ0n) is 11.5. The summed E-state index contributed by atoms with van der Waals surface area (Å²) in [4.78, 5) is 0. The van der Waals surface area contributed by atoms with E-state index in [0.29, 0.717) is 6.04 Å². The molecule has 1 aromatic carbocycles. The average Bonchev–Trinajstić information content (AvgIpc) is 2.42. The quantitative estimate of drug-likeness (QED) is 0.693. The highest BCUT2D eigenvalue weighted by Gasteiger charge is 2.07. The maximum atomic E-state index is 5.72. The van der Waals surface area contributed by atoms with Crippen LogP contribution in [0.4, 0.5) is 0 Å². The molecule has 0 saturated carbocycles. The molecule has 1 rings (SSSR count). The van der Waals surface area contributed by atoms with E-state index in [0.717, 1.165) is 44.8 Å². The van der Waals surface area contributed by atoms with Crippen LogP contribution < -0.4 is 10.1 Å². The Morgan fingerprint density at radius 1 is 1.11 bits per heavy atom. The highest BCUT2D eigenvalue weighted by Crippen LogP contribution is 2.09. The minimum atomic E-state index is 0.480. The molecule has 0 saturated heterocycles. The van der Waals surface area contributed by atoms with Crippen LogP contribution in [-0.4, -0.2) is 32.9 Å². The van der Waals surface area contributed by atoms with Gasteiger partial charge < -0.3 is 14.8 Å². The van der Waals surface area contributed by atoms with Gasteiger partial charge in [0, 0.05) is 19.8 Å². The standard InChI is InChI=1S/C15H25NO2/c1-3-11-16-14(9-12-17-2)10-13-18-15-7-5-4-6-8-15/h4-8,14,16H,3,9-13H2,1-2H3. The second-order valence-electron chi connectivity index (χ2n) is 4.38. The number of hydrogen-bond donors (Lipinski definition) is 1. The van der Waals surface area contributed by atoms with E-state index in [9.17, 15) is 0 Å². The molecule has 3 heteroatoms. The van der Waals surface area contributed by atoms with Gasteiger partial charge in [0.1, 0.15) is 5.75 Å². The van der Waals surface area contributed by atoms with Crippen LogP contribution in [0.3, 0.4) is 0 Å². The number of rotatable bonds is 10. The Balaban J connectivity index is 2.23. The van der Waals surface area contributed by atoms with Gasteiger partial charge in [-0.25, -0.2) is 0 Å². The molecule has 1 unspecified atom stereocenters. The Morgan fingerprint density at radius 2 is 1.83 bits per heavy atom. The first kappa shape index (κ1) is 15.0. The van der Waals surface area contributed by atoms with Crippen LogP contribution in [0.25, 0.3) is 0 Å². The summed E-state index contributed by atoms with van der Waals surface area (Å²) >= 11 is 0. The van der Waals surface area contributed by atoms with Gasteiger partial charge >= 0.3 is 0 Å². The molecule has 0 aliphatic carbocycles. The van der Waals surface area contributed by atoms with Gasteiger partial charge in [-0.05, 0) is 37.9 Å². The van der Waals surface area contributed by atoms with Gasteiger partial charge in [0.2, 0.25) is 0 Å². The Hall–Kier alpha value is -1.06. The van der Waals surface area contributed by atoms with E-state index in [1.54, 1.807) is 7.11 Å². The molecule has 0 aliphatic heterocycles. The number of methoxy groups -OCH3 is 1. The minimum absolute atomic E-state index is 0.480. The lowest BCUT2D eigenvalue weighted by atomic mass is 10.1. The van der Waals surface area contributed by atoms with E-state index in [1.165, 1.54) is 0 Å². The highest BCUT2D eigenvalue weighted by molar-refractivity contribution is 5.20. The van der Waals surface area contributed by atoms with Crippen LogP contribution >= 0.6 is 0 Å². The SMILES string of the molecule is CCCNC(CCOC)CCOc1ccccc1. The summed E-state index contributed by atoms with van der Waals surface area (Å²) in [5.41, 5.74) is 0. The Morgan fingerprint density at radius 3 is 2.50 bits per heavy atom. The van der Waals surface area contributed by atoms with Crippen molar-refractivity contribution in [1.82, 2.24) is 5.32 Å². The third kappa shape index (κ3) is 6.62. The van der Waals surface area contributed by atoms with E-state index in [2.05, 4.69) is 12.2 Å². The van der Waals surface area contributed by atoms with Crippen molar-refractivity contribution in [3.63, 3.8) is 0 Å². The molecule has 0 aliphatic rings. The van der Waals surface area contributed by atoms with Gasteiger partial charge in [0.05, 0.1) is 6.61 Å². The molecular formula is C15H25NO2. The molecule has 18 heavy (non-hydrogen) atoms. The predicted octanol–water partition coefficient (Wildman–Crippen LogP) is 2.86. The second-order valence-corrected chi connectivity index (χ2v) is 4.38. The van der Waals surface area contributed by atoms with E-state index < -0.39 is 0 Å². The van der Waals surface area contributed by atoms with Gasteiger partial charge in [-0.2, -0.15) is 0 Å². The van der Waals surface area contributed by atoms with Crippen molar-refractivity contribution in [2.45, 2.75) is 32.2 Å². The van der Waals surface area contributed by atoms with Gasteiger partial charge in [0.15, 0.2) is 0 Å². The summed E-state index contributed by atoms with van der Waals surface area (Å²) in [6, 6.07) is 10.4. The number of benzene rings is 1. The molecule has 0 heterocycles. The first-order valence-corrected chi connectivity index (χ1v) is 6.77. The lowest BCUT2D eigenvalue weighted by Crippen LogP contribution is -2.32. The molecule has 0 fully saturated rings. The highest BCUT2D eigenvalue weighted by atomic mass is 16.5. The van der Waals surface area contributed by atoms with Gasteiger partial charge in [-0.3, -0.25) is 0 Å². The topological polar surface area (TPSA) is 30.5 Å². The molecule has 0 radical (unpaired) electrons. The van der Waals surface area contributed by atoms with Crippen LogP contribution in [0, 0.1) is 0 Å². The van der Waals surface area contributed by atoms with Crippen molar-refractivity contribution in [3.05, 3.63) is 30.3 Å². The third-order valence-electron chi connectivity index (χ3n) is 2.83. The van der Waals surface area contributed by atoms with Crippen molar-refractivity contribution >= 4 is 0 Å². The van der Waals surface area contributed by atoms with Crippen LogP contribution in [0.15, 0.2) is 30.3 Å². The Labute approximate surface area is 110 Å². The van der Waals surface area contributed by atoms with Crippen LogP contribution in [-0.2, 0) is 4.74 Å². The molecule has 3 nitrogen and oxygen atoms in total.